The molecule has 0 unspecified atom stereocenters. The van der Waals surface area contributed by atoms with Gasteiger partial charge in [0.15, 0.2) is 0 Å². The number of aromatic nitrogens is 2. The lowest BCUT2D eigenvalue weighted by atomic mass is 10.1. The Labute approximate surface area is 119 Å². The average molecular weight is 286 g/mol. The summed E-state index contributed by atoms with van der Waals surface area (Å²) in [6.07, 6.45) is 0.0601. The van der Waals surface area contributed by atoms with Crippen molar-refractivity contribution in [2.24, 2.45) is 0 Å². The Bertz CT molecular complexity index is 768. The van der Waals surface area contributed by atoms with Crippen molar-refractivity contribution < 1.29 is 9.59 Å². The Morgan fingerprint density at radius 3 is 2.76 bits per heavy atom. The van der Waals surface area contributed by atoms with Crippen LogP contribution in [0.4, 0.5) is 0 Å². The normalized spacial score (nSPS) is 15.0. The van der Waals surface area contributed by atoms with Gasteiger partial charge < -0.3 is 10.2 Å². The van der Waals surface area contributed by atoms with Crippen LogP contribution in [0.15, 0.2) is 29.1 Å². The number of amides is 2. The topological polar surface area (TPSA) is 95.2 Å². The minimum absolute atomic E-state index is 0.0601. The second-order valence-corrected chi connectivity index (χ2v) is 4.89. The van der Waals surface area contributed by atoms with Gasteiger partial charge in [0.25, 0.3) is 5.56 Å². The summed E-state index contributed by atoms with van der Waals surface area (Å²) >= 11 is 0. The molecule has 1 aliphatic rings. The fourth-order valence-corrected chi connectivity index (χ4v) is 2.41. The van der Waals surface area contributed by atoms with E-state index in [-0.39, 0.29) is 30.3 Å². The molecule has 108 valence electrons. The molecule has 0 aliphatic carbocycles. The fraction of sp³-hybridized carbons (Fsp3) is 0.286. The van der Waals surface area contributed by atoms with Crippen LogP contribution < -0.4 is 10.9 Å². The summed E-state index contributed by atoms with van der Waals surface area (Å²) in [5.41, 5.74) is 0.236. The maximum absolute atomic E-state index is 12.3. The Balaban J connectivity index is 1.88. The number of H-pyrrole nitrogens is 1. The van der Waals surface area contributed by atoms with E-state index in [0.717, 1.165) is 0 Å². The van der Waals surface area contributed by atoms with Crippen molar-refractivity contribution in [1.82, 2.24) is 20.4 Å². The van der Waals surface area contributed by atoms with Crippen molar-refractivity contribution in [3.8, 4) is 0 Å². The number of fused-ring (bicyclic) bond motifs is 1. The summed E-state index contributed by atoms with van der Waals surface area (Å²) in [5, 5.41) is 10.2. The molecular formula is C14H14N4O3. The first-order valence-corrected chi connectivity index (χ1v) is 6.66. The van der Waals surface area contributed by atoms with E-state index in [1.807, 2.05) is 0 Å². The molecule has 2 N–H and O–H groups in total. The van der Waals surface area contributed by atoms with Crippen molar-refractivity contribution in [3.05, 3.63) is 40.3 Å². The lowest BCUT2D eigenvalue weighted by molar-refractivity contribution is -0.137. The van der Waals surface area contributed by atoms with E-state index in [1.54, 1.807) is 24.3 Å². The summed E-state index contributed by atoms with van der Waals surface area (Å²) in [6.45, 7) is 1.02. The van der Waals surface area contributed by atoms with Crippen molar-refractivity contribution in [2.75, 3.05) is 19.6 Å². The third-order valence-electron chi connectivity index (χ3n) is 3.48. The smallest absolute Gasteiger partial charge is 0.272 e. The van der Waals surface area contributed by atoms with Crippen LogP contribution in [-0.4, -0.2) is 46.5 Å². The van der Waals surface area contributed by atoms with Gasteiger partial charge in [0.1, 0.15) is 0 Å². The second-order valence-electron chi connectivity index (χ2n) is 4.89. The molecule has 0 spiro atoms. The first-order chi connectivity index (χ1) is 10.1. The van der Waals surface area contributed by atoms with E-state index in [4.69, 9.17) is 0 Å². The van der Waals surface area contributed by atoms with E-state index in [2.05, 4.69) is 15.5 Å². The largest absolute Gasteiger partial charge is 0.353 e. The number of carbonyl (C=O) groups excluding carboxylic acids is 2. The summed E-state index contributed by atoms with van der Waals surface area (Å²) in [5.74, 6) is -0.330. The molecule has 2 heterocycles. The summed E-state index contributed by atoms with van der Waals surface area (Å²) in [6, 6.07) is 7.02. The number of nitrogens with one attached hydrogen (secondary N) is 2. The zero-order chi connectivity index (χ0) is 14.8. The molecule has 0 saturated carbocycles. The molecular weight excluding hydrogens is 272 g/mol. The SMILES string of the molecule is O=C1CN(C(=O)Cc2n[nH]c(=O)c3ccccc23)CCN1. The molecule has 1 saturated heterocycles. The van der Waals surface area contributed by atoms with Crippen molar-refractivity contribution in [3.63, 3.8) is 0 Å². The maximum atomic E-state index is 12.3. The van der Waals surface area contributed by atoms with Gasteiger partial charge in [0.2, 0.25) is 11.8 Å². The molecule has 2 aromatic rings. The number of hydrogen-bond acceptors (Lipinski definition) is 4. The van der Waals surface area contributed by atoms with Gasteiger partial charge in [-0.1, -0.05) is 18.2 Å². The Hall–Kier alpha value is -2.70. The van der Waals surface area contributed by atoms with E-state index in [0.29, 0.717) is 29.6 Å². The van der Waals surface area contributed by atoms with Gasteiger partial charge in [0, 0.05) is 18.5 Å². The van der Waals surface area contributed by atoms with Gasteiger partial charge in [-0.15, -0.1) is 0 Å². The van der Waals surface area contributed by atoms with Crippen LogP contribution in [0.25, 0.3) is 10.8 Å². The number of aromatic amines is 1. The van der Waals surface area contributed by atoms with Gasteiger partial charge >= 0.3 is 0 Å². The van der Waals surface area contributed by atoms with Crippen LogP contribution in [-0.2, 0) is 16.0 Å². The Morgan fingerprint density at radius 1 is 1.24 bits per heavy atom. The Morgan fingerprint density at radius 2 is 2.00 bits per heavy atom. The number of benzene rings is 1. The summed E-state index contributed by atoms with van der Waals surface area (Å²) < 4.78 is 0. The highest BCUT2D eigenvalue weighted by Crippen LogP contribution is 2.13. The van der Waals surface area contributed by atoms with Crippen LogP contribution in [0, 0.1) is 0 Å². The molecule has 7 heteroatoms. The van der Waals surface area contributed by atoms with E-state index in [1.165, 1.54) is 4.90 Å². The number of hydrogen-bond donors (Lipinski definition) is 2. The van der Waals surface area contributed by atoms with Crippen LogP contribution in [0.5, 0.6) is 0 Å². The molecule has 1 aliphatic heterocycles. The number of piperazine rings is 1. The van der Waals surface area contributed by atoms with Gasteiger partial charge in [0.05, 0.1) is 24.0 Å². The van der Waals surface area contributed by atoms with Crippen molar-refractivity contribution in [2.45, 2.75) is 6.42 Å². The van der Waals surface area contributed by atoms with Crippen molar-refractivity contribution in [1.29, 1.82) is 0 Å². The zero-order valence-electron chi connectivity index (χ0n) is 11.3. The van der Waals surface area contributed by atoms with Crippen LogP contribution in [0.3, 0.4) is 0 Å². The van der Waals surface area contributed by atoms with Gasteiger partial charge in [-0.2, -0.15) is 5.10 Å². The average Bonchev–Trinajstić information content (AvgIpc) is 2.50. The zero-order valence-corrected chi connectivity index (χ0v) is 11.3. The number of carbonyl (C=O) groups is 2. The lowest BCUT2D eigenvalue weighted by Crippen LogP contribution is -2.50. The van der Waals surface area contributed by atoms with Gasteiger partial charge in [-0.25, -0.2) is 5.10 Å². The predicted molar refractivity (Wildman–Crippen MR) is 75.7 cm³/mol. The van der Waals surface area contributed by atoms with Crippen LogP contribution in [0.2, 0.25) is 0 Å². The molecule has 0 bridgehead atoms. The third kappa shape index (κ3) is 2.62. The molecule has 2 amide bonds. The highest BCUT2D eigenvalue weighted by Gasteiger charge is 2.22. The van der Waals surface area contributed by atoms with Gasteiger partial charge in [-0.3, -0.25) is 14.4 Å². The first-order valence-electron chi connectivity index (χ1n) is 6.66. The first kappa shape index (κ1) is 13.3. The molecule has 3 rings (SSSR count). The third-order valence-corrected chi connectivity index (χ3v) is 3.48. The molecule has 1 aromatic carbocycles. The quantitative estimate of drug-likeness (QED) is 0.772. The highest BCUT2D eigenvalue weighted by atomic mass is 16.2. The van der Waals surface area contributed by atoms with E-state index < -0.39 is 0 Å². The van der Waals surface area contributed by atoms with Gasteiger partial charge in [-0.05, 0) is 6.07 Å². The predicted octanol–water partition coefficient (Wildman–Crippen LogP) is -0.576. The maximum Gasteiger partial charge on any atom is 0.272 e. The molecule has 1 aromatic heterocycles. The fourth-order valence-electron chi connectivity index (χ4n) is 2.41. The molecule has 0 radical (unpaired) electrons. The molecule has 7 nitrogen and oxygen atoms in total. The standard InChI is InChI=1S/C14H14N4O3/c19-12-8-18(6-5-15-12)13(20)7-11-9-3-1-2-4-10(9)14(21)17-16-11/h1-4H,5-8H2,(H,15,19)(H,17,21). The summed E-state index contributed by atoms with van der Waals surface area (Å²) in [4.78, 5) is 36.8. The number of rotatable bonds is 2. The minimum atomic E-state index is -0.279. The van der Waals surface area contributed by atoms with Crippen LogP contribution in [0.1, 0.15) is 5.69 Å². The monoisotopic (exact) mass is 286 g/mol. The number of nitrogens with zero attached hydrogens (tertiary/aromatic N) is 2. The summed E-state index contributed by atoms with van der Waals surface area (Å²) in [7, 11) is 0. The second kappa shape index (κ2) is 5.35. The van der Waals surface area contributed by atoms with E-state index >= 15 is 0 Å². The van der Waals surface area contributed by atoms with Crippen LogP contribution >= 0.6 is 0 Å². The molecule has 21 heavy (non-hydrogen) atoms. The lowest BCUT2D eigenvalue weighted by Gasteiger charge is -2.26. The minimum Gasteiger partial charge on any atom is -0.353 e. The molecule has 1 fully saturated rings. The van der Waals surface area contributed by atoms with Crippen molar-refractivity contribution >= 4 is 22.6 Å². The highest BCUT2D eigenvalue weighted by molar-refractivity contribution is 5.90. The Kier molecular flexibility index (Phi) is 3.39. The molecule has 0 atom stereocenters. The van der Waals surface area contributed by atoms with E-state index in [9.17, 15) is 14.4 Å².